The van der Waals surface area contributed by atoms with Crippen molar-refractivity contribution in [1.82, 2.24) is 13.9 Å². The molecule has 1 aliphatic carbocycles. The molecule has 8 heteroatoms. The van der Waals surface area contributed by atoms with E-state index in [0.717, 1.165) is 25.7 Å². The molecule has 2 aromatic rings. The number of nitrogens with zero attached hydrogens (tertiary/aromatic N) is 2. The zero-order chi connectivity index (χ0) is 16.8. The summed E-state index contributed by atoms with van der Waals surface area (Å²) in [5.74, 6) is 0. The summed E-state index contributed by atoms with van der Waals surface area (Å²) in [6, 6.07) is 4.73. The van der Waals surface area contributed by atoms with E-state index in [4.69, 9.17) is 5.73 Å². The van der Waals surface area contributed by atoms with Crippen molar-refractivity contribution in [1.29, 1.82) is 0 Å². The lowest BCUT2D eigenvalue weighted by atomic mass is 10.0. The number of nitrogens with two attached hydrogens (primary N) is 1. The first-order chi connectivity index (χ1) is 10.8. The molecule has 1 aromatic heterocycles. The maximum absolute atomic E-state index is 12.7. The predicted octanol–water partition coefficient (Wildman–Crippen LogP) is 0.427. The minimum Gasteiger partial charge on any atom is -0.329 e. The van der Waals surface area contributed by atoms with Crippen LogP contribution in [-0.2, 0) is 24.1 Å². The van der Waals surface area contributed by atoms with Crippen LogP contribution in [0.3, 0.4) is 0 Å². The maximum atomic E-state index is 12.7. The van der Waals surface area contributed by atoms with E-state index in [2.05, 4.69) is 4.72 Å². The number of benzene rings is 1. The molecule has 0 amide bonds. The largest absolute Gasteiger partial charge is 0.329 e. The Labute approximate surface area is 135 Å². The van der Waals surface area contributed by atoms with Crippen molar-refractivity contribution < 1.29 is 8.42 Å². The summed E-state index contributed by atoms with van der Waals surface area (Å²) in [6.45, 7) is 0.290. The van der Waals surface area contributed by atoms with Crippen LogP contribution in [-0.4, -0.2) is 29.6 Å². The number of fused-ring (bicyclic) bond motifs is 1. The monoisotopic (exact) mass is 338 g/mol. The Morgan fingerprint density at radius 3 is 2.39 bits per heavy atom. The number of hydrogen-bond acceptors (Lipinski definition) is 4. The number of nitrogens with one attached hydrogen (secondary N) is 1. The fraction of sp³-hybridized carbons (Fsp3) is 0.533. The zero-order valence-electron chi connectivity index (χ0n) is 13.4. The van der Waals surface area contributed by atoms with Crippen LogP contribution >= 0.6 is 0 Å². The average molecular weight is 338 g/mol. The molecule has 1 aromatic carbocycles. The Kier molecular flexibility index (Phi) is 3.86. The number of sulfonamides is 1. The molecule has 0 saturated heterocycles. The fourth-order valence-corrected chi connectivity index (χ4v) is 4.89. The second kappa shape index (κ2) is 5.47. The summed E-state index contributed by atoms with van der Waals surface area (Å²) >= 11 is 0. The molecule has 126 valence electrons. The first kappa shape index (κ1) is 16.2. The smallest absolute Gasteiger partial charge is 0.328 e. The summed E-state index contributed by atoms with van der Waals surface area (Å²) in [5, 5.41) is 0. The minimum atomic E-state index is -3.68. The Morgan fingerprint density at radius 2 is 1.78 bits per heavy atom. The SMILES string of the molecule is Cn1c(=O)n(C)c2cc(S(=O)(=O)NC3(CN)CCCC3)ccc21. The van der Waals surface area contributed by atoms with E-state index in [1.165, 1.54) is 21.3 Å². The summed E-state index contributed by atoms with van der Waals surface area (Å²) in [4.78, 5) is 12.1. The fourth-order valence-electron chi connectivity index (χ4n) is 3.40. The third-order valence-corrected chi connectivity index (χ3v) is 6.43. The molecule has 0 unspecified atom stereocenters. The summed E-state index contributed by atoms with van der Waals surface area (Å²) in [5.41, 5.74) is 6.38. The molecule has 1 aliphatic rings. The van der Waals surface area contributed by atoms with E-state index in [9.17, 15) is 13.2 Å². The summed E-state index contributed by atoms with van der Waals surface area (Å²) in [7, 11) is -0.383. The van der Waals surface area contributed by atoms with Crippen molar-refractivity contribution >= 4 is 21.1 Å². The van der Waals surface area contributed by atoms with Gasteiger partial charge in [-0.3, -0.25) is 9.13 Å². The first-order valence-corrected chi connectivity index (χ1v) is 9.17. The molecule has 0 bridgehead atoms. The van der Waals surface area contributed by atoms with E-state index in [1.54, 1.807) is 20.2 Å². The highest BCUT2D eigenvalue weighted by Gasteiger charge is 2.36. The second-order valence-electron chi connectivity index (χ2n) is 6.35. The van der Waals surface area contributed by atoms with E-state index in [-0.39, 0.29) is 17.1 Å². The molecular weight excluding hydrogens is 316 g/mol. The van der Waals surface area contributed by atoms with Crippen LogP contribution in [0.1, 0.15) is 25.7 Å². The maximum Gasteiger partial charge on any atom is 0.328 e. The molecule has 23 heavy (non-hydrogen) atoms. The third kappa shape index (κ3) is 2.60. The van der Waals surface area contributed by atoms with Gasteiger partial charge in [0.05, 0.1) is 15.9 Å². The van der Waals surface area contributed by atoms with Crippen molar-refractivity contribution in [3.63, 3.8) is 0 Å². The van der Waals surface area contributed by atoms with Gasteiger partial charge >= 0.3 is 5.69 Å². The Hall–Kier alpha value is -1.64. The molecule has 0 radical (unpaired) electrons. The number of hydrogen-bond donors (Lipinski definition) is 2. The van der Waals surface area contributed by atoms with Crippen molar-refractivity contribution in [2.24, 2.45) is 19.8 Å². The van der Waals surface area contributed by atoms with Crippen molar-refractivity contribution in [3.05, 3.63) is 28.7 Å². The minimum absolute atomic E-state index is 0.158. The second-order valence-corrected chi connectivity index (χ2v) is 8.03. The number of imidazole rings is 1. The highest BCUT2D eigenvalue weighted by Crippen LogP contribution is 2.30. The summed E-state index contributed by atoms with van der Waals surface area (Å²) in [6.07, 6.45) is 3.47. The molecule has 0 atom stereocenters. The molecule has 0 spiro atoms. The molecule has 7 nitrogen and oxygen atoms in total. The average Bonchev–Trinajstić information content (AvgIpc) is 3.07. The number of aromatic nitrogens is 2. The van der Waals surface area contributed by atoms with Crippen LogP contribution in [0.5, 0.6) is 0 Å². The van der Waals surface area contributed by atoms with Crippen LogP contribution in [0.25, 0.3) is 11.0 Å². The van der Waals surface area contributed by atoms with Gasteiger partial charge in [0.2, 0.25) is 10.0 Å². The van der Waals surface area contributed by atoms with Crippen LogP contribution in [0.2, 0.25) is 0 Å². The van der Waals surface area contributed by atoms with Gasteiger partial charge in [0.15, 0.2) is 0 Å². The Morgan fingerprint density at radius 1 is 1.17 bits per heavy atom. The van der Waals surface area contributed by atoms with Gasteiger partial charge in [-0.1, -0.05) is 12.8 Å². The van der Waals surface area contributed by atoms with E-state index in [1.807, 2.05) is 0 Å². The number of rotatable bonds is 4. The predicted molar refractivity (Wildman–Crippen MR) is 88.7 cm³/mol. The molecular formula is C15H22N4O3S. The lowest BCUT2D eigenvalue weighted by Crippen LogP contribution is -2.51. The van der Waals surface area contributed by atoms with Gasteiger partial charge in [-0.25, -0.2) is 17.9 Å². The van der Waals surface area contributed by atoms with Crippen molar-refractivity contribution in [3.8, 4) is 0 Å². The van der Waals surface area contributed by atoms with E-state index in [0.29, 0.717) is 11.0 Å². The quantitative estimate of drug-likeness (QED) is 0.844. The third-order valence-electron chi connectivity index (χ3n) is 4.86. The first-order valence-electron chi connectivity index (χ1n) is 7.69. The van der Waals surface area contributed by atoms with Crippen LogP contribution < -0.4 is 16.1 Å². The van der Waals surface area contributed by atoms with Gasteiger partial charge in [-0.15, -0.1) is 0 Å². The Balaban J connectivity index is 2.05. The van der Waals surface area contributed by atoms with E-state index < -0.39 is 15.6 Å². The topological polar surface area (TPSA) is 99.1 Å². The molecule has 1 fully saturated rings. The molecule has 0 aliphatic heterocycles. The van der Waals surface area contributed by atoms with Crippen molar-refractivity contribution in [2.75, 3.05) is 6.54 Å². The van der Waals surface area contributed by atoms with Gasteiger partial charge in [-0.2, -0.15) is 0 Å². The van der Waals surface area contributed by atoms with Crippen LogP contribution in [0.4, 0.5) is 0 Å². The molecule has 3 rings (SSSR count). The lowest BCUT2D eigenvalue weighted by molar-refractivity contribution is 0.399. The van der Waals surface area contributed by atoms with Gasteiger partial charge in [0, 0.05) is 26.2 Å². The number of aryl methyl sites for hydroxylation is 2. The standard InChI is InChI=1S/C15H22N4O3S/c1-18-12-6-5-11(9-13(12)19(2)14(18)20)23(21,22)17-15(10-16)7-3-4-8-15/h5-6,9,17H,3-4,7-8,10,16H2,1-2H3. The van der Waals surface area contributed by atoms with Gasteiger partial charge in [0.25, 0.3) is 0 Å². The molecule has 1 heterocycles. The van der Waals surface area contributed by atoms with E-state index >= 15 is 0 Å². The van der Waals surface area contributed by atoms with Crippen molar-refractivity contribution in [2.45, 2.75) is 36.1 Å². The van der Waals surface area contributed by atoms with Gasteiger partial charge in [-0.05, 0) is 31.0 Å². The van der Waals surface area contributed by atoms with Crippen LogP contribution in [0, 0.1) is 0 Å². The van der Waals surface area contributed by atoms with Gasteiger partial charge in [0.1, 0.15) is 0 Å². The highest BCUT2D eigenvalue weighted by molar-refractivity contribution is 7.89. The molecule has 1 saturated carbocycles. The highest BCUT2D eigenvalue weighted by atomic mass is 32.2. The Bertz CT molecular complexity index is 905. The van der Waals surface area contributed by atoms with Crippen LogP contribution in [0.15, 0.2) is 27.9 Å². The lowest BCUT2D eigenvalue weighted by Gasteiger charge is -2.28. The normalized spacial score (nSPS) is 17.9. The summed E-state index contributed by atoms with van der Waals surface area (Å²) < 4.78 is 31.2. The molecule has 3 N–H and O–H groups in total. The van der Waals surface area contributed by atoms with Gasteiger partial charge < -0.3 is 5.73 Å². The zero-order valence-corrected chi connectivity index (χ0v) is 14.2.